The fourth-order valence-corrected chi connectivity index (χ4v) is 0.260. The summed E-state index contributed by atoms with van der Waals surface area (Å²) in [5.41, 5.74) is 0. The second-order valence-corrected chi connectivity index (χ2v) is 1.17. The molecule has 0 rings (SSSR count). The van der Waals surface area contributed by atoms with E-state index in [0.29, 0.717) is 0 Å². The molecule has 0 aromatic carbocycles. The molecule has 3 nitrogen and oxygen atoms in total. The topological polar surface area (TPSA) is 43.4 Å². The smallest absolute Gasteiger partial charge is 0.313 e. The number of esters is 1. The average molecular weight is 135 g/mol. The van der Waals surface area contributed by atoms with E-state index in [4.69, 9.17) is 6.85 Å². The molecule has 0 saturated carbocycles. The van der Waals surface area contributed by atoms with Crippen LogP contribution in [0.4, 0.5) is 0 Å². The van der Waals surface area contributed by atoms with Gasteiger partial charge in [0, 0.05) is 6.85 Å². The third-order valence-electron chi connectivity index (χ3n) is 0.491. The van der Waals surface area contributed by atoms with E-state index in [2.05, 4.69) is 4.74 Å². The first kappa shape index (κ1) is 2.82. The Morgan fingerprint density at radius 2 is 2.44 bits per heavy atom. The van der Waals surface area contributed by atoms with E-state index in [1.54, 1.807) is 0 Å². The minimum Gasteiger partial charge on any atom is -0.466 e. The van der Waals surface area contributed by atoms with Gasteiger partial charge in [0.2, 0.25) is 0 Å². The van der Waals surface area contributed by atoms with Crippen molar-refractivity contribution in [3.63, 3.8) is 0 Å². The Bertz CT molecular complexity index is 244. The lowest BCUT2D eigenvalue weighted by Gasteiger charge is -1.96. The predicted octanol–water partition coefficient (Wildman–Crippen LogP) is 0.529. The lowest BCUT2D eigenvalue weighted by atomic mass is 10.3. The Hall–Kier alpha value is -0.860. The van der Waals surface area contributed by atoms with Crippen molar-refractivity contribution in [2.24, 2.45) is 0 Å². The van der Waals surface area contributed by atoms with Gasteiger partial charge in [-0.25, -0.2) is 0 Å². The van der Waals surface area contributed by atoms with Crippen LogP contribution in [0.1, 0.15) is 27.0 Å². The fourth-order valence-electron chi connectivity index (χ4n) is 0.260. The second kappa shape index (κ2) is 4.06. The lowest BCUT2D eigenvalue weighted by molar-refractivity contribution is -0.145. The van der Waals surface area contributed by atoms with E-state index in [-0.39, 0.29) is 6.61 Å². The lowest BCUT2D eigenvalue weighted by Crippen LogP contribution is -2.07. The van der Waals surface area contributed by atoms with Crippen molar-refractivity contribution >= 4 is 11.8 Å². The van der Waals surface area contributed by atoms with Crippen molar-refractivity contribution in [1.82, 2.24) is 0 Å². The normalized spacial score (nSPS) is 19.9. The van der Waals surface area contributed by atoms with Crippen molar-refractivity contribution in [2.75, 3.05) is 6.61 Å². The van der Waals surface area contributed by atoms with Crippen LogP contribution in [-0.4, -0.2) is 18.4 Å². The highest BCUT2D eigenvalue weighted by molar-refractivity contribution is 5.94. The summed E-state index contributed by atoms with van der Waals surface area (Å²) in [5, 5.41) is 0. The number of ketones is 1. The van der Waals surface area contributed by atoms with Crippen LogP contribution in [0.3, 0.4) is 0 Å². The van der Waals surface area contributed by atoms with Gasteiger partial charge in [-0.2, -0.15) is 0 Å². The molecular formula is C6H10O3. The van der Waals surface area contributed by atoms with Crippen molar-refractivity contribution in [3.05, 3.63) is 0 Å². The molecule has 0 atom stereocenters. The number of ether oxygens (including phenoxy) is 1. The Morgan fingerprint density at radius 1 is 1.78 bits per heavy atom. The van der Waals surface area contributed by atoms with Crippen molar-refractivity contribution in [1.29, 1.82) is 0 Å². The fraction of sp³-hybridized carbons (Fsp3) is 0.667. The van der Waals surface area contributed by atoms with Gasteiger partial charge in [-0.05, 0) is 13.8 Å². The minimum absolute atomic E-state index is 0.118. The molecule has 0 aliphatic heterocycles. The molecule has 0 heterocycles. The van der Waals surface area contributed by atoms with E-state index in [1.165, 1.54) is 6.92 Å². The predicted molar refractivity (Wildman–Crippen MR) is 31.9 cm³/mol. The summed E-state index contributed by atoms with van der Waals surface area (Å²) in [5.74, 6) is -3.23. The van der Waals surface area contributed by atoms with Crippen LogP contribution < -0.4 is 0 Å². The maximum atomic E-state index is 11.0. The highest BCUT2D eigenvalue weighted by Crippen LogP contribution is 1.86. The van der Waals surface area contributed by atoms with Crippen molar-refractivity contribution in [2.45, 2.75) is 20.1 Å². The Labute approximate surface area is 61.0 Å². The van der Waals surface area contributed by atoms with Crippen molar-refractivity contribution in [3.8, 4) is 0 Å². The Morgan fingerprint density at radius 3 is 2.89 bits per heavy atom. The monoisotopic (exact) mass is 135 g/mol. The van der Waals surface area contributed by atoms with E-state index in [0.717, 1.165) is 0 Å². The largest absolute Gasteiger partial charge is 0.466 e. The van der Waals surface area contributed by atoms with E-state index < -0.39 is 25.0 Å². The first-order chi connectivity index (χ1) is 6.14. The zero-order valence-corrected chi connectivity index (χ0v) is 4.93. The van der Waals surface area contributed by atoms with Gasteiger partial charge < -0.3 is 4.74 Å². The van der Waals surface area contributed by atoms with Gasteiger partial charge in [0.1, 0.15) is 12.2 Å². The molecule has 9 heavy (non-hydrogen) atoms. The van der Waals surface area contributed by atoms with Gasteiger partial charge in [0.05, 0.1) is 6.61 Å². The highest BCUT2D eigenvalue weighted by atomic mass is 16.5. The number of carbonyl (C=O) groups excluding carboxylic acids is 2. The van der Waals surface area contributed by atoms with Gasteiger partial charge in [-0.3, -0.25) is 9.59 Å². The zero-order valence-electron chi connectivity index (χ0n) is 9.93. The highest BCUT2D eigenvalue weighted by Gasteiger charge is 2.03. The Balaban J connectivity index is 4.79. The zero-order chi connectivity index (χ0) is 11.6. The third-order valence-corrected chi connectivity index (χ3v) is 0.491. The number of hydrogen-bond acceptors (Lipinski definition) is 3. The summed E-state index contributed by atoms with van der Waals surface area (Å²) in [7, 11) is 0. The molecule has 0 spiro atoms. The van der Waals surface area contributed by atoms with Crippen LogP contribution in [0, 0.1) is 0 Å². The van der Waals surface area contributed by atoms with Crippen LogP contribution in [0.2, 0.25) is 0 Å². The van der Waals surface area contributed by atoms with Gasteiger partial charge in [-0.1, -0.05) is 0 Å². The molecule has 3 heteroatoms. The minimum atomic E-state index is -3.14. The summed E-state index contributed by atoms with van der Waals surface area (Å²) >= 11 is 0. The molecule has 0 amide bonds. The summed E-state index contributed by atoms with van der Waals surface area (Å²) < 4.78 is 38.2. The van der Waals surface area contributed by atoms with Crippen LogP contribution in [0.25, 0.3) is 0 Å². The molecular weight excluding hydrogens is 120 g/mol. The first-order valence-electron chi connectivity index (χ1n) is 4.86. The summed E-state index contributed by atoms with van der Waals surface area (Å²) in [4.78, 5) is 21.8. The average Bonchev–Trinajstić information content (AvgIpc) is 2.01. The number of Topliss-reactive ketones (excluding diaryl/α,β-unsaturated/α-hetero) is 1. The summed E-state index contributed by atoms with van der Waals surface area (Å²) in [6.45, 7) is -1.84. The van der Waals surface area contributed by atoms with Crippen LogP contribution in [-0.2, 0) is 14.3 Å². The van der Waals surface area contributed by atoms with Gasteiger partial charge in [0.25, 0.3) is 0 Å². The number of carbonyl (C=O) groups is 2. The third kappa shape index (κ3) is 5.00. The molecule has 0 aliphatic rings. The van der Waals surface area contributed by atoms with Crippen LogP contribution in [0.5, 0.6) is 0 Å². The molecule has 0 unspecified atom stereocenters. The summed E-state index contributed by atoms with van der Waals surface area (Å²) in [6, 6.07) is 0. The second-order valence-electron chi connectivity index (χ2n) is 1.17. The molecule has 0 aliphatic carbocycles. The Kier molecular flexibility index (Phi) is 1.27. The molecule has 0 N–H and O–H groups in total. The van der Waals surface area contributed by atoms with E-state index in [1.807, 2.05) is 0 Å². The van der Waals surface area contributed by atoms with Gasteiger partial charge >= 0.3 is 5.97 Å². The van der Waals surface area contributed by atoms with E-state index in [9.17, 15) is 9.59 Å². The first-order valence-corrected chi connectivity index (χ1v) is 2.36. The standard InChI is InChI=1S/C6H10O3/c1-3-9-6(8)4-5(2)7/h3-4H2,1-2H3/i2D3,4D2. The van der Waals surface area contributed by atoms with Crippen LogP contribution in [0.15, 0.2) is 0 Å². The maximum Gasteiger partial charge on any atom is 0.313 e. The van der Waals surface area contributed by atoms with E-state index >= 15 is 0 Å². The van der Waals surface area contributed by atoms with Crippen LogP contribution >= 0.6 is 0 Å². The van der Waals surface area contributed by atoms with Crippen molar-refractivity contribution < 1.29 is 21.2 Å². The molecule has 0 saturated heterocycles. The van der Waals surface area contributed by atoms with Gasteiger partial charge in [-0.15, -0.1) is 0 Å². The molecule has 0 aromatic rings. The molecule has 0 fully saturated rings. The number of rotatable bonds is 3. The maximum absolute atomic E-state index is 11.0. The number of hydrogen-bond donors (Lipinski definition) is 0. The SMILES string of the molecule is [2H]C([2H])([2H])C(=O)C([2H])([2H])C(=O)OCC. The summed E-state index contributed by atoms with van der Waals surface area (Å²) in [6.07, 6.45) is -3.11. The quantitative estimate of drug-likeness (QED) is 0.418. The molecule has 0 aromatic heterocycles. The molecule has 52 valence electrons. The van der Waals surface area contributed by atoms with Gasteiger partial charge in [0.15, 0.2) is 0 Å². The molecule has 0 radical (unpaired) electrons. The molecule has 0 bridgehead atoms.